The monoisotopic (exact) mass is 140 g/mol. The van der Waals surface area contributed by atoms with Gasteiger partial charge in [0.1, 0.15) is 5.76 Å². The van der Waals surface area contributed by atoms with E-state index in [1.165, 1.54) is 12.2 Å². The third kappa shape index (κ3) is 2.51. The summed E-state index contributed by atoms with van der Waals surface area (Å²) in [6.45, 7) is 5.03. The predicted octanol–water partition coefficient (Wildman–Crippen LogP) is 1.55. The van der Waals surface area contributed by atoms with E-state index >= 15 is 0 Å². The number of rotatable bonds is 3. The first kappa shape index (κ1) is 8.98. The fourth-order valence-electron chi connectivity index (χ4n) is 0.515. The fourth-order valence-corrected chi connectivity index (χ4v) is 0.515. The van der Waals surface area contributed by atoms with Gasteiger partial charge in [0.15, 0.2) is 0 Å². The van der Waals surface area contributed by atoms with Crippen molar-refractivity contribution in [1.29, 1.82) is 0 Å². The second-order valence-electron chi connectivity index (χ2n) is 1.77. The summed E-state index contributed by atoms with van der Waals surface area (Å²) in [5.41, 5.74) is 0.443. The molecule has 0 amide bonds. The van der Waals surface area contributed by atoms with Crippen molar-refractivity contribution in [1.82, 2.24) is 0 Å². The minimum Gasteiger partial charge on any atom is -0.508 e. The molecule has 56 valence electrons. The maximum atomic E-state index is 9.07. The van der Waals surface area contributed by atoms with Crippen molar-refractivity contribution in [2.45, 2.75) is 6.92 Å². The van der Waals surface area contributed by atoms with Crippen molar-refractivity contribution in [3.63, 3.8) is 0 Å². The average molecular weight is 140 g/mol. The molecule has 0 aromatic heterocycles. The van der Waals surface area contributed by atoms with E-state index in [2.05, 4.69) is 6.58 Å². The highest BCUT2D eigenvalue weighted by atomic mass is 16.3. The van der Waals surface area contributed by atoms with Crippen LogP contribution in [-0.2, 0) is 0 Å². The minimum atomic E-state index is -0.181. The highest BCUT2D eigenvalue weighted by molar-refractivity contribution is 5.26. The molecule has 0 aromatic rings. The molecular weight excluding hydrogens is 128 g/mol. The van der Waals surface area contributed by atoms with Crippen molar-refractivity contribution in [3.8, 4) is 0 Å². The van der Waals surface area contributed by atoms with Gasteiger partial charge in [0.25, 0.3) is 0 Å². The molecule has 0 heterocycles. The fraction of sp³-hybridized carbons (Fsp3) is 0.250. The molecule has 0 saturated carbocycles. The molecule has 0 fully saturated rings. The molecule has 2 heteroatoms. The van der Waals surface area contributed by atoms with E-state index in [1.54, 1.807) is 13.0 Å². The zero-order valence-electron chi connectivity index (χ0n) is 6.04. The lowest BCUT2D eigenvalue weighted by Gasteiger charge is -1.96. The Morgan fingerprint density at radius 2 is 2.20 bits per heavy atom. The smallest absolute Gasteiger partial charge is 0.120 e. The summed E-state index contributed by atoms with van der Waals surface area (Å²) in [7, 11) is 0. The Hall–Kier alpha value is -1.02. The quantitative estimate of drug-likeness (QED) is 0.461. The van der Waals surface area contributed by atoms with Crippen LogP contribution in [-0.4, -0.2) is 16.8 Å². The molecule has 0 bridgehead atoms. The summed E-state index contributed by atoms with van der Waals surface area (Å²) in [5.74, 6) is 0.0694. The van der Waals surface area contributed by atoms with Crippen LogP contribution >= 0.6 is 0 Å². The lowest BCUT2D eigenvalue weighted by Crippen LogP contribution is -1.90. The summed E-state index contributed by atoms with van der Waals surface area (Å²) in [6, 6.07) is 0. The Bertz CT molecular complexity index is 166. The van der Waals surface area contributed by atoms with Crippen LogP contribution in [0.1, 0.15) is 6.92 Å². The number of allylic oxidation sites excluding steroid dienone is 2. The van der Waals surface area contributed by atoms with Crippen LogP contribution in [0.5, 0.6) is 0 Å². The second kappa shape index (κ2) is 4.82. The van der Waals surface area contributed by atoms with Gasteiger partial charge >= 0.3 is 0 Å². The summed E-state index contributed by atoms with van der Waals surface area (Å²) in [6.07, 6.45) is 4.62. The van der Waals surface area contributed by atoms with Crippen LogP contribution in [0.4, 0.5) is 0 Å². The third-order valence-electron chi connectivity index (χ3n) is 1.07. The Morgan fingerprint density at radius 3 is 2.50 bits per heavy atom. The first-order chi connectivity index (χ1) is 4.76. The van der Waals surface area contributed by atoms with Gasteiger partial charge < -0.3 is 10.2 Å². The maximum Gasteiger partial charge on any atom is 0.120 e. The van der Waals surface area contributed by atoms with Gasteiger partial charge in [-0.05, 0) is 13.0 Å². The SMILES string of the molecule is C=C/C(CO)=C(O)\C=C/C. The molecule has 0 aromatic carbocycles. The first-order valence-corrected chi connectivity index (χ1v) is 3.04. The Kier molecular flexibility index (Phi) is 4.33. The van der Waals surface area contributed by atoms with Gasteiger partial charge in [0, 0.05) is 5.57 Å². The molecule has 0 aliphatic carbocycles. The van der Waals surface area contributed by atoms with E-state index in [-0.39, 0.29) is 12.4 Å². The van der Waals surface area contributed by atoms with Gasteiger partial charge in [0.05, 0.1) is 6.61 Å². The lowest BCUT2D eigenvalue weighted by molar-refractivity contribution is 0.323. The van der Waals surface area contributed by atoms with Crippen LogP contribution in [0.15, 0.2) is 36.1 Å². The zero-order valence-corrected chi connectivity index (χ0v) is 6.04. The van der Waals surface area contributed by atoms with Crippen molar-refractivity contribution in [2.24, 2.45) is 0 Å². The normalized spacial score (nSPS) is 13.4. The Morgan fingerprint density at radius 1 is 1.60 bits per heavy atom. The summed E-state index contributed by atoms with van der Waals surface area (Å²) >= 11 is 0. The Balaban J connectivity index is 4.42. The van der Waals surface area contributed by atoms with E-state index in [1.807, 2.05) is 0 Å². The standard InChI is InChI=1S/C8H12O2/c1-3-5-8(10)7(4-2)6-9/h3-5,9-10H,2,6H2,1H3/b5-3-,8-7-. The molecule has 2 nitrogen and oxygen atoms in total. The van der Waals surface area contributed by atoms with Gasteiger partial charge in [-0.25, -0.2) is 0 Å². The topological polar surface area (TPSA) is 40.5 Å². The molecule has 10 heavy (non-hydrogen) atoms. The van der Waals surface area contributed by atoms with Crippen molar-refractivity contribution in [2.75, 3.05) is 6.61 Å². The van der Waals surface area contributed by atoms with E-state index in [4.69, 9.17) is 10.2 Å². The second-order valence-corrected chi connectivity index (χ2v) is 1.77. The molecule has 0 aliphatic rings. The number of aliphatic hydroxyl groups is 2. The molecular formula is C8H12O2. The van der Waals surface area contributed by atoms with Crippen LogP contribution < -0.4 is 0 Å². The van der Waals surface area contributed by atoms with E-state index in [9.17, 15) is 0 Å². The van der Waals surface area contributed by atoms with Crippen molar-refractivity contribution in [3.05, 3.63) is 36.1 Å². The Labute approximate surface area is 60.8 Å². The summed E-state index contributed by atoms with van der Waals surface area (Å²) in [4.78, 5) is 0. The van der Waals surface area contributed by atoms with Gasteiger partial charge in [0.2, 0.25) is 0 Å². The van der Waals surface area contributed by atoms with E-state index in [0.717, 1.165) is 0 Å². The summed E-state index contributed by atoms with van der Waals surface area (Å²) < 4.78 is 0. The lowest BCUT2D eigenvalue weighted by atomic mass is 10.2. The van der Waals surface area contributed by atoms with Gasteiger partial charge in [-0.15, -0.1) is 0 Å². The molecule has 0 atom stereocenters. The molecule has 0 rings (SSSR count). The zero-order chi connectivity index (χ0) is 7.98. The van der Waals surface area contributed by atoms with Crippen molar-refractivity contribution >= 4 is 0 Å². The molecule has 0 radical (unpaired) electrons. The summed E-state index contributed by atoms with van der Waals surface area (Å²) in [5, 5.41) is 17.7. The largest absolute Gasteiger partial charge is 0.508 e. The maximum absolute atomic E-state index is 9.07. The molecule has 0 saturated heterocycles. The van der Waals surface area contributed by atoms with E-state index in [0.29, 0.717) is 5.57 Å². The highest BCUT2D eigenvalue weighted by Gasteiger charge is 1.93. The third-order valence-corrected chi connectivity index (χ3v) is 1.07. The van der Waals surface area contributed by atoms with Crippen LogP contribution in [0.25, 0.3) is 0 Å². The minimum absolute atomic E-state index is 0.0694. The van der Waals surface area contributed by atoms with E-state index < -0.39 is 0 Å². The predicted molar refractivity (Wildman–Crippen MR) is 41.8 cm³/mol. The van der Waals surface area contributed by atoms with Crippen LogP contribution in [0, 0.1) is 0 Å². The highest BCUT2D eigenvalue weighted by Crippen LogP contribution is 2.02. The average Bonchev–Trinajstić information content (AvgIpc) is 1.91. The van der Waals surface area contributed by atoms with Gasteiger partial charge in [-0.2, -0.15) is 0 Å². The van der Waals surface area contributed by atoms with Crippen LogP contribution in [0.2, 0.25) is 0 Å². The van der Waals surface area contributed by atoms with Crippen molar-refractivity contribution < 1.29 is 10.2 Å². The molecule has 0 aliphatic heterocycles. The molecule has 0 unspecified atom stereocenters. The number of hydrogen-bond acceptors (Lipinski definition) is 2. The first-order valence-electron chi connectivity index (χ1n) is 3.04. The molecule has 2 N–H and O–H groups in total. The molecule has 0 spiro atoms. The number of aliphatic hydroxyl groups excluding tert-OH is 2. The van der Waals surface area contributed by atoms with Gasteiger partial charge in [-0.3, -0.25) is 0 Å². The number of hydrogen-bond donors (Lipinski definition) is 2. The van der Waals surface area contributed by atoms with Gasteiger partial charge in [-0.1, -0.05) is 18.7 Å². The van der Waals surface area contributed by atoms with Crippen LogP contribution in [0.3, 0.4) is 0 Å².